The molecule has 0 spiro atoms. The molecular formula is C16H19N3O4. The number of hydrogen-bond acceptors (Lipinski definition) is 4. The van der Waals surface area contributed by atoms with Crippen LogP contribution in [0, 0.1) is 0 Å². The minimum absolute atomic E-state index is 0.0615. The lowest BCUT2D eigenvalue weighted by Gasteiger charge is -2.26. The molecule has 1 aromatic rings. The monoisotopic (exact) mass is 317 g/mol. The molecule has 2 heterocycles. The fraction of sp³-hybridized carbons (Fsp3) is 0.438. The van der Waals surface area contributed by atoms with Gasteiger partial charge in [0.2, 0.25) is 11.8 Å². The van der Waals surface area contributed by atoms with Crippen molar-refractivity contribution in [2.24, 2.45) is 0 Å². The van der Waals surface area contributed by atoms with Gasteiger partial charge in [-0.2, -0.15) is 0 Å². The molecule has 0 radical (unpaired) electrons. The predicted octanol–water partition coefficient (Wildman–Crippen LogP) is -0.0209. The first-order valence-electron chi connectivity index (χ1n) is 7.64. The second-order valence-corrected chi connectivity index (χ2v) is 5.74. The average Bonchev–Trinajstić information content (AvgIpc) is 2.98. The minimum atomic E-state index is -0.414. The number of carbonyl (C=O) groups excluding carboxylic acids is 3. The highest BCUT2D eigenvalue weighted by Crippen LogP contribution is 2.31. The van der Waals surface area contributed by atoms with E-state index in [1.807, 2.05) is 18.2 Å². The van der Waals surface area contributed by atoms with Crippen LogP contribution < -0.4 is 20.3 Å². The lowest BCUT2D eigenvalue weighted by atomic mass is 10.1. The van der Waals surface area contributed by atoms with E-state index in [9.17, 15) is 14.4 Å². The highest BCUT2D eigenvalue weighted by atomic mass is 16.5. The molecule has 122 valence electrons. The van der Waals surface area contributed by atoms with Crippen molar-refractivity contribution in [3.05, 3.63) is 23.8 Å². The number of fused-ring (bicyclic) bond motifs is 1. The van der Waals surface area contributed by atoms with Gasteiger partial charge in [0.05, 0.1) is 5.69 Å². The molecule has 0 aliphatic carbocycles. The van der Waals surface area contributed by atoms with Crippen molar-refractivity contribution in [1.82, 2.24) is 10.6 Å². The predicted molar refractivity (Wildman–Crippen MR) is 83.2 cm³/mol. The van der Waals surface area contributed by atoms with Crippen molar-refractivity contribution in [2.45, 2.75) is 25.3 Å². The van der Waals surface area contributed by atoms with E-state index < -0.39 is 6.04 Å². The van der Waals surface area contributed by atoms with Gasteiger partial charge in [-0.25, -0.2) is 0 Å². The van der Waals surface area contributed by atoms with Gasteiger partial charge in [-0.15, -0.1) is 0 Å². The van der Waals surface area contributed by atoms with Gasteiger partial charge in [0, 0.05) is 20.0 Å². The number of likely N-dealkylation sites (N-methyl/N-ethyl adjacent to an activating group) is 1. The number of benzene rings is 1. The van der Waals surface area contributed by atoms with Crippen LogP contribution in [0.25, 0.3) is 0 Å². The summed E-state index contributed by atoms with van der Waals surface area (Å²) in [6.07, 6.45) is 1.60. The summed E-state index contributed by atoms with van der Waals surface area (Å²) in [6, 6.07) is 5.25. The van der Waals surface area contributed by atoms with Crippen LogP contribution in [0.1, 0.15) is 18.4 Å². The Morgan fingerprint density at radius 2 is 2.26 bits per heavy atom. The topological polar surface area (TPSA) is 87.7 Å². The molecule has 2 aliphatic rings. The summed E-state index contributed by atoms with van der Waals surface area (Å²) >= 11 is 0. The number of nitrogens with one attached hydrogen (secondary N) is 2. The zero-order valence-corrected chi connectivity index (χ0v) is 12.9. The number of rotatable bonds is 4. The largest absolute Gasteiger partial charge is 0.482 e. The Balaban J connectivity index is 1.56. The Bertz CT molecular complexity index is 659. The maximum Gasteiger partial charge on any atom is 0.264 e. The van der Waals surface area contributed by atoms with E-state index in [1.54, 1.807) is 11.9 Å². The van der Waals surface area contributed by atoms with Gasteiger partial charge in [-0.05, 0) is 30.5 Å². The van der Waals surface area contributed by atoms with Crippen molar-refractivity contribution in [2.75, 3.05) is 25.1 Å². The maximum atomic E-state index is 11.9. The number of anilines is 1. The summed E-state index contributed by atoms with van der Waals surface area (Å²) in [7, 11) is 1.72. The zero-order valence-electron chi connectivity index (χ0n) is 12.9. The second-order valence-electron chi connectivity index (χ2n) is 5.74. The van der Waals surface area contributed by atoms with Crippen LogP contribution in [0.4, 0.5) is 5.69 Å². The smallest absolute Gasteiger partial charge is 0.264 e. The van der Waals surface area contributed by atoms with E-state index in [1.165, 1.54) is 0 Å². The first-order valence-corrected chi connectivity index (χ1v) is 7.64. The molecule has 2 N–H and O–H groups in total. The molecule has 7 nitrogen and oxygen atoms in total. The van der Waals surface area contributed by atoms with Crippen LogP contribution in [-0.4, -0.2) is 44.0 Å². The van der Waals surface area contributed by atoms with Crippen LogP contribution >= 0.6 is 0 Å². The third-order valence-electron chi connectivity index (χ3n) is 4.13. The molecule has 0 bridgehead atoms. The third-order valence-corrected chi connectivity index (χ3v) is 4.13. The lowest BCUT2D eigenvalue weighted by Crippen LogP contribution is -2.42. The van der Waals surface area contributed by atoms with E-state index in [-0.39, 0.29) is 24.3 Å². The molecule has 7 heteroatoms. The van der Waals surface area contributed by atoms with E-state index in [0.717, 1.165) is 11.3 Å². The van der Waals surface area contributed by atoms with Crippen molar-refractivity contribution >= 4 is 23.4 Å². The van der Waals surface area contributed by atoms with Crippen LogP contribution in [0.5, 0.6) is 5.75 Å². The molecule has 1 unspecified atom stereocenters. The van der Waals surface area contributed by atoms with E-state index in [0.29, 0.717) is 31.6 Å². The molecule has 23 heavy (non-hydrogen) atoms. The molecule has 0 saturated carbocycles. The number of ether oxygens (including phenoxy) is 1. The molecule has 2 aliphatic heterocycles. The van der Waals surface area contributed by atoms with Crippen LogP contribution in [0.15, 0.2) is 18.2 Å². The first kappa shape index (κ1) is 15.3. The molecule has 3 amide bonds. The van der Waals surface area contributed by atoms with Crippen molar-refractivity contribution < 1.29 is 19.1 Å². The molecule has 1 atom stereocenters. The summed E-state index contributed by atoms with van der Waals surface area (Å²) < 4.78 is 5.38. The Morgan fingerprint density at radius 3 is 3.00 bits per heavy atom. The van der Waals surface area contributed by atoms with Crippen molar-refractivity contribution in [1.29, 1.82) is 0 Å². The van der Waals surface area contributed by atoms with Crippen LogP contribution in [0.2, 0.25) is 0 Å². The Hall–Kier alpha value is -2.57. The summed E-state index contributed by atoms with van der Waals surface area (Å²) in [5.74, 6) is 0.380. The van der Waals surface area contributed by atoms with Crippen LogP contribution in [-0.2, 0) is 20.8 Å². The molecular weight excluding hydrogens is 298 g/mol. The highest BCUT2D eigenvalue weighted by Gasteiger charge is 2.26. The lowest BCUT2D eigenvalue weighted by molar-refractivity contribution is -0.125. The standard InChI is InChI=1S/C16H19N3O4/c1-19-12-8-10(2-4-13(12)23-9-15(19)21)6-7-17-16(22)11-3-5-14(20)18-11/h2,4,8,11H,3,5-7,9H2,1H3,(H,17,22)(H,18,20). The number of hydrogen-bond donors (Lipinski definition) is 2. The molecule has 1 saturated heterocycles. The van der Waals surface area contributed by atoms with Gasteiger partial charge in [-0.1, -0.05) is 6.07 Å². The molecule has 0 aromatic heterocycles. The number of nitrogens with zero attached hydrogens (tertiary/aromatic N) is 1. The fourth-order valence-electron chi connectivity index (χ4n) is 2.74. The van der Waals surface area contributed by atoms with E-state index in [2.05, 4.69) is 10.6 Å². The van der Waals surface area contributed by atoms with Gasteiger partial charge >= 0.3 is 0 Å². The van der Waals surface area contributed by atoms with Crippen molar-refractivity contribution in [3.8, 4) is 5.75 Å². The first-order chi connectivity index (χ1) is 11.0. The quantitative estimate of drug-likeness (QED) is 0.817. The molecule has 1 aromatic carbocycles. The Morgan fingerprint density at radius 1 is 1.43 bits per heavy atom. The second kappa shape index (κ2) is 6.28. The zero-order chi connectivity index (χ0) is 16.4. The highest BCUT2D eigenvalue weighted by molar-refractivity contribution is 5.97. The van der Waals surface area contributed by atoms with Gasteiger partial charge in [0.15, 0.2) is 6.61 Å². The Labute approximate surface area is 134 Å². The maximum absolute atomic E-state index is 11.9. The summed E-state index contributed by atoms with van der Waals surface area (Å²) in [5.41, 5.74) is 1.75. The molecule has 1 fully saturated rings. The summed E-state index contributed by atoms with van der Waals surface area (Å²) in [6.45, 7) is 0.536. The third kappa shape index (κ3) is 3.28. The van der Waals surface area contributed by atoms with Crippen molar-refractivity contribution in [3.63, 3.8) is 0 Å². The summed E-state index contributed by atoms with van der Waals surface area (Å²) in [5, 5.41) is 5.47. The molecule has 3 rings (SSSR count). The normalized spacial score (nSPS) is 19.9. The summed E-state index contributed by atoms with van der Waals surface area (Å²) in [4.78, 5) is 36.3. The average molecular weight is 317 g/mol. The van der Waals surface area contributed by atoms with Gasteiger partial charge < -0.3 is 20.3 Å². The van der Waals surface area contributed by atoms with Gasteiger partial charge in [-0.3, -0.25) is 14.4 Å². The fourth-order valence-corrected chi connectivity index (χ4v) is 2.74. The van der Waals surface area contributed by atoms with Crippen LogP contribution in [0.3, 0.4) is 0 Å². The SMILES string of the molecule is CN1C(=O)COc2ccc(CCNC(=O)C3CCC(=O)N3)cc21. The Kier molecular flexibility index (Phi) is 4.18. The number of carbonyl (C=O) groups is 3. The van der Waals surface area contributed by atoms with Gasteiger partial charge in [0.25, 0.3) is 5.91 Å². The number of amides is 3. The van der Waals surface area contributed by atoms with Gasteiger partial charge in [0.1, 0.15) is 11.8 Å². The minimum Gasteiger partial charge on any atom is -0.482 e. The van der Waals surface area contributed by atoms with E-state index in [4.69, 9.17) is 4.74 Å². The van der Waals surface area contributed by atoms with E-state index >= 15 is 0 Å².